The van der Waals surface area contributed by atoms with Crippen molar-refractivity contribution >= 4 is 22.4 Å². The lowest BCUT2D eigenvalue weighted by Gasteiger charge is -2.23. The van der Waals surface area contributed by atoms with Crippen molar-refractivity contribution in [1.29, 1.82) is 0 Å². The third-order valence-electron chi connectivity index (χ3n) is 2.77. The first-order valence-corrected chi connectivity index (χ1v) is 7.71. The van der Waals surface area contributed by atoms with Gasteiger partial charge in [0, 0.05) is 18.0 Å². The first-order chi connectivity index (χ1) is 9.40. The fourth-order valence-electron chi connectivity index (χ4n) is 2.04. The second-order valence-corrected chi connectivity index (χ2v) is 6.49. The molecule has 5 nitrogen and oxygen atoms in total. The molecule has 0 radical (unpaired) electrons. The highest BCUT2D eigenvalue weighted by atomic mass is 32.1. The summed E-state index contributed by atoms with van der Waals surface area (Å²) in [5.41, 5.74) is 0.762. The van der Waals surface area contributed by atoms with Crippen LogP contribution in [0.3, 0.4) is 0 Å². The summed E-state index contributed by atoms with van der Waals surface area (Å²) in [6.45, 7) is 5.40. The molecule has 0 aliphatic rings. The summed E-state index contributed by atoms with van der Waals surface area (Å²) in [4.78, 5) is 17.8. The highest BCUT2D eigenvalue weighted by molar-refractivity contribution is 7.13. The Balaban J connectivity index is 2.61. The lowest BCUT2D eigenvalue weighted by atomic mass is 10.0. The van der Waals surface area contributed by atoms with Crippen molar-refractivity contribution in [3.63, 3.8) is 0 Å². The number of methoxy groups -OCH3 is 1. The van der Waals surface area contributed by atoms with Crippen LogP contribution in [-0.2, 0) is 16.0 Å². The van der Waals surface area contributed by atoms with E-state index in [1.54, 1.807) is 0 Å². The summed E-state index contributed by atoms with van der Waals surface area (Å²) in [7, 11) is 5.53. The zero-order valence-electron chi connectivity index (χ0n) is 13.0. The molecule has 0 aromatic carbocycles. The number of nitrogens with zero attached hydrogens (tertiary/aromatic N) is 2. The minimum absolute atomic E-state index is 0.233. The molecule has 1 atom stereocenters. The van der Waals surface area contributed by atoms with E-state index >= 15 is 0 Å². The molecule has 0 spiro atoms. The Bertz CT molecular complexity index is 408. The molecule has 0 aliphatic carbocycles. The van der Waals surface area contributed by atoms with Crippen molar-refractivity contribution in [2.45, 2.75) is 32.7 Å². The monoisotopic (exact) mass is 299 g/mol. The van der Waals surface area contributed by atoms with Crippen LogP contribution in [0.2, 0.25) is 0 Å². The molecule has 0 amide bonds. The molecule has 1 heterocycles. The Morgan fingerprint density at radius 2 is 2.20 bits per heavy atom. The van der Waals surface area contributed by atoms with Gasteiger partial charge in [-0.1, -0.05) is 13.8 Å². The van der Waals surface area contributed by atoms with Crippen LogP contribution in [0.1, 0.15) is 26.0 Å². The molecule has 0 fully saturated rings. The Hall–Kier alpha value is -1.14. The van der Waals surface area contributed by atoms with E-state index in [-0.39, 0.29) is 12.4 Å². The van der Waals surface area contributed by atoms with Crippen molar-refractivity contribution in [2.24, 2.45) is 5.92 Å². The van der Waals surface area contributed by atoms with Crippen molar-refractivity contribution in [3.05, 3.63) is 11.1 Å². The third-order valence-corrected chi connectivity index (χ3v) is 3.60. The van der Waals surface area contributed by atoms with Gasteiger partial charge in [0.25, 0.3) is 0 Å². The number of ether oxygens (including phenoxy) is 1. The smallest absolute Gasteiger partial charge is 0.311 e. The highest BCUT2D eigenvalue weighted by Crippen LogP contribution is 2.19. The molecule has 1 aromatic rings. The van der Waals surface area contributed by atoms with Crippen LogP contribution >= 0.6 is 11.3 Å². The lowest BCUT2D eigenvalue weighted by Crippen LogP contribution is -2.33. The number of hydrogen-bond acceptors (Lipinski definition) is 6. The molecule has 6 heteroatoms. The molecule has 0 bridgehead atoms. The Kier molecular flexibility index (Phi) is 6.95. The van der Waals surface area contributed by atoms with Gasteiger partial charge in [0.05, 0.1) is 19.2 Å². The van der Waals surface area contributed by atoms with Crippen molar-refractivity contribution in [3.8, 4) is 0 Å². The lowest BCUT2D eigenvalue weighted by molar-refractivity contribution is -0.139. The highest BCUT2D eigenvalue weighted by Gasteiger charge is 2.14. The van der Waals surface area contributed by atoms with Gasteiger partial charge in [-0.25, -0.2) is 4.98 Å². The Morgan fingerprint density at radius 1 is 1.50 bits per heavy atom. The van der Waals surface area contributed by atoms with E-state index in [9.17, 15) is 4.79 Å². The van der Waals surface area contributed by atoms with Gasteiger partial charge in [-0.05, 0) is 26.4 Å². The number of thiazole rings is 1. The van der Waals surface area contributed by atoms with E-state index in [1.165, 1.54) is 18.4 Å². The minimum Gasteiger partial charge on any atom is -0.469 e. The van der Waals surface area contributed by atoms with E-state index < -0.39 is 0 Å². The second kappa shape index (κ2) is 8.21. The zero-order valence-corrected chi connectivity index (χ0v) is 13.8. The van der Waals surface area contributed by atoms with Gasteiger partial charge in [0.15, 0.2) is 5.13 Å². The van der Waals surface area contributed by atoms with Gasteiger partial charge in [-0.2, -0.15) is 0 Å². The van der Waals surface area contributed by atoms with Gasteiger partial charge in [0.2, 0.25) is 0 Å². The van der Waals surface area contributed by atoms with Gasteiger partial charge >= 0.3 is 5.97 Å². The number of rotatable bonds is 8. The standard InChI is InChI=1S/C14H25N3O2S/c1-10(2)6-11(8-17(3)4)15-14-16-12(9-20-14)7-13(18)19-5/h9-11H,6-8H2,1-5H3,(H,15,16). The molecule has 1 N–H and O–H groups in total. The van der Waals surface area contributed by atoms with Gasteiger partial charge in [0.1, 0.15) is 0 Å². The number of carbonyl (C=O) groups is 1. The van der Waals surface area contributed by atoms with E-state index in [0.29, 0.717) is 12.0 Å². The maximum Gasteiger partial charge on any atom is 0.311 e. The number of nitrogens with one attached hydrogen (secondary N) is 1. The number of anilines is 1. The second-order valence-electron chi connectivity index (χ2n) is 5.63. The molecule has 20 heavy (non-hydrogen) atoms. The molecule has 1 aromatic heterocycles. The van der Waals surface area contributed by atoms with Crippen molar-refractivity contribution in [2.75, 3.05) is 33.1 Å². The molecule has 114 valence electrons. The summed E-state index contributed by atoms with van der Waals surface area (Å²) in [5.74, 6) is 0.371. The SMILES string of the molecule is COC(=O)Cc1csc(NC(CC(C)C)CN(C)C)n1. The van der Waals surface area contributed by atoms with Crippen LogP contribution in [-0.4, -0.2) is 49.6 Å². The quantitative estimate of drug-likeness (QED) is 0.746. The first-order valence-electron chi connectivity index (χ1n) is 6.83. The van der Waals surface area contributed by atoms with Crippen LogP contribution < -0.4 is 5.32 Å². The Morgan fingerprint density at radius 3 is 2.75 bits per heavy atom. The van der Waals surface area contributed by atoms with Gasteiger partial charge in [-0.3, -0.25) is 4.79 Å². The van der Waals surface area contributed by atoms with Crippen LogP contribution in [0.5, 0.6) is 0 Å². The normalized spacial score (nSPS) is 12.8. The molecular formula is C14H25N3O2S. The molecule has 0 saturated heterocycles. The van der Waals surface area contributed by atoms with Crippen LogP contribution in [0.15, 0.2) is 5.38 Å². The molecule has 1 rings (SSSR count). The summed E-state index contributed by atoms with van der Waals surface area (Å²) in [6.07, 6.45) is 1.32. The van der Waals surface area contributed by atoms with Crippen molar-refractivity contribution in [1.82, 2.24) is 9.88 Å². The van der Waals surface area contributed by atoms with Gasteiger partial charge < -0.3 is 15.0 Å². The first kappa shape index (κ1) is 16.9. The Labute approximate surface area is 125 Å². The summed E-state index contributed by atoms with van der Waals surface area (Å²) < 4.78 is 4.65. The molecule has 1 unspecified atom stereocenters. The van der Waals surface area contributed by atoms with Crippen LogP contribution in [0, 0.1) is 5.92 Å². The number of likely N-dealkylation sites (N-methyl/N-ethyl adjacent to an activating group) is 1. The van der Waals surface area contributed by atoms with Crippen LogP contribution in [0.4, 0.5) is 5.13 Å². The predicted molar refractivity (Wildman–Crippen MR) is 83.3 cm³/mol. The average Bonchev–Trinajstić information content (AvgIpc) is 2.74. The third kappa shape index (κ3) is 6.34. The topological polar surface area (TPSA) is 54.5 Å². The number of aromatic nitrogens is 1. The fourth-order valence-corrected chi connectivity index (χ4v) is 2.83. The van der Waals surface area contributed by atoms with Gasteiger partial charge in [-0.15, -0.1) is 11.3 Å². The summed E-state index contributed by atoms with van der Waals surface area (Å²) in [6, 6.07) is 0.363. The largest absolute Gasteiger partial charge is 0.469 e. The molecule has 0 saturated carbocycles. The average molecular weight is 299 g/mol. The van der Waals surface area contributed by atoms with E-state index in [0.717, 1.165) is 23.8 Å². The van der Waals surface area contributed by atoms with E-state index in [1.807, 2.05) is 5.38 Å². The maximum absolute atomic E-state index is 11.2. The maximum atomic E-state index is 11.2. The number of hydrogen-bond donors (Lipinski definition) is 1. The minimum atomic E-state index is -0.256. The van der Waals surface area contributed by atoms with Crippen molar-refractivity contribution < 1.29 is 9.53 Å². The zero-order chi connectivity index (χ0) is 15.1. The summed E-state index contributed by atoms with van der Waals surface area (Å²) in [5, 5.41) is 6.24. The molecule has 0 aliphatic heterocycles. The van der Waals surface area contributed by atoms with Crippen LogP contribution in [0.25, 0.3) is 0 Å². The predicted octanol–water partition coefficient (Wildman–Crippen LogP) is 2.25. The molecular weight excluding hydrogens is 274 g/mol. The number of esters is 1. The number of carbonyl (C=O) groups excluding carboxylic acids is 1. The van der Waals surface area contributed by atoms with E-state index in [2.05, 4.69) is 47.9 Å². The fraction of sp³-hybridized carbons (Fsp3) is 0.714. The van der Waals surface area contributed by atoms with E-state index in [4.69, 9.17) is 0 Å². The summed E-state index contributed by atoms with van der Waals surface area (Å²) >= 11 is 1.54.